The van der Waals surface area contributed by atoms with Gasteiger partial charge in [-0.2, -0.15) is 0 Å². The normalized spacial score (nSPS) is 10.0. The molecule has 0 atom stereocenters. The summed E-state index contributed by atoms with van der Waals surface area (Å²) < 4.78 is 4.78. The Labute approximate surface area is 67.4 Å². The molecule has 0 aromatic rings. The molecule has 0 aliphatic heterocycles. The third kappa shape index (κ3) is 6.90. The first-order valence-corrected chi connectivity index (χ1v) is 3.85. The minimum Gasteiger partial charge on any atom is -0.449 e. The minimum atomic E-state index is -0.378. The first kappa shape index (κ1) is 10.0. The van der Waals surface area contributed by atoms with E-state index in [9.17, 15) is 4.79 Å². The maximum Gasteiger partial charge on any atom is 0.411 e. The van der Waals surface area contributed by atoms with Crippen molar-refractivity contribution in [1.82, 2.24) is 5.32 Å². The van der Waals surface area contributed by atoms with Gasteiger partial charge in [0.1, 0.15) is 0 Å². The molecule has 0 aliphatic rings. The number of carbonyl (C=O) groups excluding carboxylic acids is 1. The lowest BCUT2D eigenvalue weighted by molar-refractivity contribution is 0.148. The largest absolute Gasteiger partial charge is 0.449 e. The van der Waals surface area contributed by atoms with E-state index in [0.717, 1.165) is 12.8 Å². The van der Waals surface area contributed by atoms with Gasteiger partial charge >= 0.3 is 6.09 Å². The Balaban J connectivity index is 3.23. The van der Waals surface area contributed by atoms with E-state index < -0.39 is 0 Å². The molecule has 0 unspecified atom stereocenters. The number of hydrogen-bond acceptors (Lipinski definition) is 2. The summed E-state index contributed by atoms with van der Waals surface area (Å²) in [6, 6.07) is 0. The number of amides is 1. The zero-order valence-electron chi connectivity index (χ0n) is 7.09. The fourth-order valence-electron chi connectivity index (χ4n) is 0.502. The summed E-state index contributed by atoms with van der Waals surface area (Å²) in [4.78, 5) is 10.7. The molecule has 11 heavy (non-hydrogen) atoms. The molecule has 0 aliphatic carbocycles. The van der Waals surface area contributed by atoms with Gasteiger partial charge in [0, 0.05) is 6.20 Å². The van der Waals surface area contributed by atoms with Gasteiger partial charge in [-0.3, -0.25) is 5.32 Å². The molecule has 64 valence electrons. The molecule has 0 fully saturated rings. The molecule has 3 nitrogen and oxygen atoms in total. The predicted octanol–water partition coefficient (Wildman–Crippen LogP) is 2.05. The monoisotopic (exact) mass is 157 g/mol. The average molecular weight is 157 g/mol. The Morgan fingerprint density at radius 1 is 1.64 bits per heavy atom. The zero-order valence-corrected chi connectivity index (χ0v) is 7.09. The summed E-state index contributed by atoms with van der Waals surface area (Å²) in [6.45, 7) is 4.37. The van der Waals surface area contributed by atoms with Gasteiger partial charge in [0.25, 0.3) is 0 Å². The van der Waals surface area contributed by atoms with Gasteiger partial charge in [0.15, 0.2) is 0 Å². The standard InChI is InChI=1S/C8H15NO2/c1-3-5-7-11-8(10)9-6-4-2/h4,6H,3,5,7H2,1-2H3,(H,9,10)/b6-4+. The summed E-state index contributed by atoms with van der Waals surface area (Å²) in [5, 5.41) is 2.45. The van der Waals surface area contributed by atoms with Crippen LogP contribution in [0.15, 0.2) is 12.3 Å². The van der Waals surface area contributed by atoms with Gasteiger partial charge in [0.05, 0.1) is 6.61 Å². The van der Waals surface area contributed by atoms with E-state index in [2.05, 4.69) is 5.32 Å². The van der Waals surface area contributed by atoms with Crippen molar-refractivity contribution in [3.63, 3.8) is 0 Å². The van der Waals surface area contributed by atoms with Crippen LogP contribution in [-0.2, 0) is 4.74 Å². The second kappa shape index (κ2) is 7.12. The van der Waals surface area contributed by atoms with Crippen molar-refractivity contribution in [2.45, 2.75) is 26.7 Å². The predicted molar refractivity (Wildman–Crippen MR) is 44.2 cm³/mol. The molecule has 0 saturated carbocycles. The molecule has 0 spiro atoms. The van der Waals surface area contributed by atoms with E-state index in [4.69, 9.17) is 4.74 Å². The molecule has 0 heterocycles. The molecule has 0 saturated heterocycles. The first-order chi connectivity index (χ1) is 5.31. The quantitative estimate of drug-likeness (QED) is 0.634. The van der Waals surface area contributed by atoms with Crippen molar-refractivity contribution in [2.75, 3.05) is 6.61 Å². The van der Waals surface area contributed by atoms with Crippen molar-refractivity contribution < 1.29 is 9.53 Å². The molecule has 1 amide bonds. The van der Waals surface area contributed by atoms with Crippen molar-refractivity contribution in [1.29, 1.82) is 0 Å². The smallest absolute Gasteiger partial charge is 0.411 e. The van der Waals surface area contributed by atoms with Crippen LogP contribution in [0, 0.1) is 0 Å². The van der Waals surface area contributed by atoms with Crippen LogP contribution in [0.25, 0.3) is 0 Å². The SMILES string of the molecule is C/C=C/NC(=O)OCCCC. The first-order valence-electron chi connectivity index (χ1n) is 3.85. The fraction of sp³-hybridized carbons (Fsp3) is 0.625. The van der Waals surface area contributed by atoms with Crippen LogP contribution in [0.3, 0.4) is 0 Å². The molecule has 0 rings (SSSR count). The minimum absolute atomic E-state index is 0.378. The average Bonchev–Trinajstić information content (AvgIpc) is 2.01. The highest BCUT2D eigenvalue weighted by Gasteiger charge is 1.95. The van der Waals surface area contributed by atoms with E-state index in [1.54, 1.807) is 12.3 Å². The molecule has 0 aromatic carbocycles. The third-order valence-electron chi connectivity index (χ3n) is 1.10. The maximum absolute atomic E-state index is 10.7. The number of nitrogens with one attached hydrogen (secondary N) is 1. The van der Waals surface area contributed by atoms with Gasteiger partial charge in [-0.25, -0.2) is 4.79 Å². The molecule has 0 aromatic heterocycles. The summed E-state index contributed by atoms with van der Waals surface area (Å²) >= 11 is 0. The van der Waals surface area contributed by atoms with Crippen LogP contribution in [0.2, 0.25) is 0 Å². The van der Waals surface area contributed by atoms with Crippen LogP contribution in [0.1, 0.15) is 26.7 Å². The van der Waals surface area contributed by atoms with Gasteiger partial charge < -0.3 is 4.74 Å². The van der Waals surface area contributed by atoms with Crippen LogP contribution < -0.4 is 5.32 Å². The number of unbranched alkanes of at least 4 members (excludes halogenated alkanes) is 1. The van der Waals surface area contributed by atoms with Crippen molar-refractivity contribution in [2.24, 2.45) is 0 Å². The number of allylic oxidation sites excluding steroid dienone is 1. The maximum atomic E-state index is 10.7. The van der Waals surface area contributed by atoms with E-state index in [0.29, 0.717) is 6.61 Å². The zero-order chi connectivity index (χ0) is 8.53. The Bertz CT molecular complexity index is 132. The summed E-state index contributed by atoms with van der Waals surface area (Å²) in [5.41, 5.74) is 0. The number of carbonyl (C=O) groups is 1. The Morgan fingerprint density at radius 2 is 2.36 bits per heavy atom. The van der Waals surface area contributed by atoms with Crippen molar-refractivity contribution >= 4 is 6.09 Å². The number of hydrogen-bond donors (Lipinski definition) is 1. The van der Waals surface area contributed by atoms with Crippen LogP contribution >= 0.6 is 0 Å². The highest BCUT2D eigenvalue weighted by molar-refractivity contribution is 5.68. The van der Waals surface area contributed by atoms with Gasteiger partial charge in [0.2, 0.25) is 0 Å². The number of ether oxygens (including phenoxy) is 1. The summed E-state index contributed by atoms with van der Waals surface area (Å²) in [6.07, 6.45) is 4.87. The highest BCUT2D eigenvalue weighted by Crippen LogP contribution is 1.87. The van der Waals surface area contributed by atoms with Crippen LogP contribution in [0.5, 0.6) is 0 Å². The van der Waals surface area contributed by atoms with Crippen molar-refractivity contribution in [3.8, 4) is 0 Å². The molecule has 0 bridgehead atoms. The van der Waals surface area contributed by atoms with E-state index in [1.165, 1.54) is 0 Å². The van der Waals surface area contributed by atoms with E-state index in [1.807, 2.05) is 13.8 Å². The van der Waals surface area contributed by atoms with Crippen LogP contribution in [-0.4, -0.2) is 12.7 Å². The second-order valence-electron chi connectivity index (χ2n) is 2.13. The second-order valence-corrected chi connectivity index (χ2v) is 2.13. The van der Waals surface area contributed by atoms with Gasteiger partial charge in [-0.15, -0.1) is 0 Å². The lowest BCUT2D eigenvalue weighted by Gasteiger charge is -2.01. The van der Waals surface area contributed by atoms with Gasteiger partial charge in [-0.05, 0) is 13.3 Å². The third-order valence-corrected chi connectivity index (χ3v) is 1.10. The fourth-order valence-corrected chi connectivity index (χ4v) is 0.502. The number of rotatable bonds is 4. The van der Waals surface area contributed by atoms with Crippen molar-refractivity contribution in [3.05, 3.63) is 12.3 Å². The Morgan fingerprint density at radius 3 is 2.91 bits per heavy atom. The van der Waals surface area contributed by atoms with Gasteiger partial charge in [-0.1, -0.05) is 19.4 Å². The Kier molecular flexibility index (Phi) is 6.48. The summed E-state index contributed by atoms with van der Waals surface area (Å²) in [7, 11) is 0. The van der Waals surface area contributed by atoms with E-state index in [-0.39, 0.29) is 6.09 Å². The molecule has 3 heteroatoms. The van der Waals surface area contributed by atoms with Crippen LogP contribution in [0.4, 0.5) is 4.79 Å². The Hall–Kier alpha value is -0.990. The molecular weight excluding hydrogens is 142 g/mol. The topological polar surface area (TPSA) is 38.3 Å². The molecule has 1 N–H and O–H groups in total. The number of alkyl carbamates (subject to hydrolysis) is 1. The summed E-state index contributed by atoms with van der Waals surface area (Å²) in [5.74, 6) is 0. The van der Waals surface area contributed by atoms with E-state index >= 15 is 0 Å². The lowest BCUT2D eigenvalue weighted by Crippen LogP contribution is -2.18. The highest BCUT2D eigenvalue weighted by atomic mass is 16.5. The molecule has 0 radical (unpaired) electrons. The lowest BCUT2D eigenvalue weighted by atomic mass is 10.4. The molecular formula is C8H15NO2.